The number of hydrogen-bond donors (Lipinski definition) is 2. The third-order valence-corrected chi connectivity index (χ3v) is 4.93. The Hall–Kier alpha value is -1.15. The number of nitrogens with zero attached hydrogens (tertiary/aromatic N) is 1. The fraction of sp³-hybridized carbons (Fsp3) is 0.154. The molecule has 1 aromatic heterocycles. The van der Waals surface area contributed by atoms with Crippen molar-refractivity contribution in [1.29, 1.82) is 0 Å². The second kappa shape index (κ2) is 6.74. The molecule has 21 heavy (non-hydrogen) atoms. The Bertz CT molecular complexity index is 736. The molecule has 3 N–H and O–H groups in total. The summed E-state index contributed by atoms with van der Waals surface area (Å²) in [7, 11) is -3.69. The van der Waals surface area contributed by atoms with Crippen LogP contribution in [0.4, 0.5) is 5.82 Å². The molecule has 0 amide bonds. The predicted octanol–water partition coefficient (Wildman–Crippen LogP) is 2.60. The topological polar surface area (TPSA) is 85.1 Å². The molecule has 1 heterocycles. The zero-order valence-electron chi connectivity index (χ0n) is 10.9. The van der Waals surface area contributed by atoms with Crippen LogP contribution >= 0.6 is 27.5 Å². The van der Waals surface area contributed by atoms with Crippen molar-refractivity contribution >= 4 is 43.4 Å². The number of rotatable bonds is 5. The quantitative estimate of drug-likeness (QED) is 0.822. The molecule has 1 aromatic carbocycles. The van der Waals surface area contributed by atoms with Gasteiger partial charge in [0.2, 0.25) is 10.0 Å². The van der Waals surface area contributed by atoms with E-state index < -0.39 is 10.0 Å². The monoisotopic (exact) mass is 389 g/mol. The molecule has 0 atom stereocenters. The number of nitrogens with one attached hydrogen (secondary N) is 1. The van der Waals surface area contributed by atoms with Gasteiger partial charge in [-0.3, -0.25) is 0 Å². The van der Waals surface area contributed by atoms with Crippen LogP contribution in [-0.2, 0) is 16.4 Å². The lowest BCUT2D eigenvalue weighted by molar-refractivity contribution is 0.581. The minimum atomic E-state index is -3.69. The third-order valence-electron chi connectivity index (χ3n) is 2.76. The van der Waals surface area contributed by atoms with E-state index in [2.05, 4.69) is 25.6 Å². The molecule has 0 aliphatic carbocycles. The van der Waals surface area contributed by atoms with Crippen LogP contribution in [0.3, 0.4) is 0 Å². The Morgan fingerprint density at radius 1 is 1.29 bits per heavy atom. The van der Waals surface area contributed by atoms with Gasteiger partial charge >= 0.3 is 0 Å². The summed E-state index contributed by atoms with van der Waals surface area (Å²) < 4.78 is 27.4. The van der Waals surface area contributed by atoms with Crippen molar-refractivity contribution in [2.75, 3.05) is 12.3 Å². The Morgan fingerprint density at radius 2 is 1.95 bits per heavy atom. The van der Waals surface area contributed by atoms with Gasteiger partial charge in [0.1, 0.15) is 10.7 Å². The Labute approximate surface area is 136 Å². The summed E-state index contributed by atoms with van der Waals surface area (Å²) in [5.41, 5.74) is 6.60. The average molecular weight is 391 g/mol. The van der Waals surface area contributed by atoms with Gasteiger partial charge in [-0.25, -0.2) is 18.1 Å². The van der Waals surface area contributed by atoms with Crippen LogP contribution in [0.15, 0.2) is 45.9 Å². The highest BCUT2D eigenvalue weighted by Crippen LogP contribution is 2.20. The molecular weight excluding hydrogens is 378 g/mol. The third kappa shape index (κ3) is 4.41. The molecule has 8 heteroatoms. The second-order valence-corrected chi connectivity index (χ2v) is 7.40. The Kier molecular flexibility index (Phi) is 5.21. The first-order valence-corrected chi connectivity index (χ1v) is 8.69. The number of pyridine rings is 1. The molecule has 0 saturated carbocycles. The number of hydrogen-bond acceptors (Lipinski definition) is 4. The summed E-state index contributed by atoms with van der Waals surface area (Å²) in [6.45, 7) is 0.260. The molecule has 0 saturated heterocycles. The molecule has 0 aliphatic heterocycles. The van der Waals surface area contributed by atoms with E-state index in [1.807, 2.05) is 12.1 Å². The highest BCUT2D eigenvalue weighted by molar-refractivity contribution is 9.10. The van der Waals surface area contributed by atoms with Crippen molar-refractivity contribution in [1.82, 2.24) is 9.71 Å². The minimum absolute atomic E-state index is 0.0304. The maximum atomic E-state index is 12.2. The van der Waals surface area contributed by atoms with E-state index in [4.69, 9.17) is 17.3 Å². The number of benzene rings is 1. The fourth-order valence-corrected chi connectivity index (χ4v) is 3.45. The number of halogens is 2. The lowest BCUT2D eigenvalue weighted by Gasteiger charge is -2.09. The van der Waals surface area contributed by atoms with E-state index >= 15 is 0 Å². The normalized spacial score (nSPS) is 11.5. The molecule has 0 spiro atoms. The lowest BCUT2D eigenvalue weighted by Crippen LogP contribution is -2.27. The first-order chi connectivity index (χ1) is 9.88. The van der Waals surface area contributed by atoms with Crippen LogP contribution in [0.5, 0.6) is 0 Å². The summed E-state index contributed by atoms with van der Waals surface area (Å²) in [4.78, 5) is 3.78. The number of aromatic nitrogens is 1. The average Bonchev–Trinajstić information content (AvgIpc) is 2.43. The van der Waals surface area contributed by atoms with Crippen LogP contribution in [0.1, 0.15) is 5.56 Å². The summed E-state index contributed by atoms with van der Waals surface area (Å²) >= 11 is 8.97. The maximum Gasteiger partial charge on any atom is 0.244 e. The van der Waals surface area contributed by atoms with E-state index in [1.165, 1.54) is 12.3 Å². The van der Waals surface area contributed by atoms with Crippen molar-refractivity contribution in [3.63, 3.8) is 0 Å². The summed E-state index contributed by atoms with van der Waals surface area (Å²) in [5, 5.41) is 0.646. The van der Waals surface area contributed by atoms with Crippen LogP contribution in [0, 0.1) is 0 Å². The van der Waals surface area contributed by atoms with Gasteiger partial charge < -0.3 is 5.73 Å². The van der Waals surface area contributed by atoms with Gasteiger partial charge in [-0.1, -0.05) is 23.7 Å². The van der Waals surface area contributed by atoms with Crippen LogP contribution < -0.4 is 10.5 Å². The first-order valence-electron chi connectivity index (χ1n) is 6.03. The molecule has 2 aromatic rings. The molecule has 0 aliphatic rings. The van der Waals surface area contributed by atoms with Gasteiger partial charge in [-0.2, -0.15) is 0 Å². The Balaban J connectivity index is 2.04. The minimum Gasteiger partial charge on any atom is -0.383 e. The van der Waals surface area contributed by atoms with Gasteiger partial charge in [-0.05, 0) is 46.1 Å². The van der Waals surface area contributed by atoms with Gasteiger partial charge in [0.25, 0.3) is 0 Å². The molecule has 5 nitrogen and oxygen atoms in total. The predicted molar refractivity (Wildman–Crippen MR) is 86.7 cm³/mol. The molecule has 0 bridgehead atoms. The van der Waals surface area contributed by atoms with Gasteiger partial charge in [0.15, 0.2) is 0 Å². The van der Waals surface area contributed by atoms with Crippen LogP contribution in [-0.4, -0.2) is 19.9 Å². The summed E-state index contributed by atoms with van der Waals surface area (Å²) in [6, 6.07) is 8.66. The fourth-order valence-electron chi connectivity index (χ4n) is 1.71. The molecule has 0 fully saturated rings. The van der Waals surface area contributed by atoms with Gasteiger partial charge in [0.05, 0.1) is 0 Å². The van der Waals surface area contributed by atoms with Crippen molar-refractivity contribution in [2.45, 2.75) is 11.3 Å². The van der Waals surface area contributed by atoms with Gasteiger partial charge in [-0.15, -0.1) is 0 Å². The Morgan fingerprint density at radius 3 is 2.62 bits per heavy atom. The number of nitrogens with two attached hydrogens (primary N) is 1. The smallest absolute Gasteiger partial charge is 0.244 e. The summed E-state index contributed by atoms with van der Waals surface area (Å²) in [5.74, 6) is -0.0304. The maximum absolute atomic E-state index is 12.2. The van der Waals surface area contributed by atoms with Crippen molar-refractivity contribution in [3.8, 4) is 0 Å². The molecule has 2 rings (SSSR count). The van der Waals surface area contributed by atoms with Crippen LogP contribution in [0.2, 0.25) is 5.02 Å². The van der Waals surface area contributed by atoms with E-state index in [9.17, 15) is 8.42 Å². The standard InChI is InChI=1S/C13H13BrClN3O2S/c14-10-7-12(13(16)17-8-10)21(19,20)18-6-5-9-1-3-11(15)4-2-9/h1-4,7-8,18H,5-6H2,(H2,16,17). The molecule has 0 unspecified atom stereocenters. The zero-order chi connectivity index (χ0) is 15.5. The number of sulfonamides is 1. The number of anilines is 1. The lowest BCUT2D eigenvalue weighted by atomic mass is 10.2. The highest BCUT2D eigenvalue weighted by Gasteiger charge is 2.18. The zero-order valence-corrected chi connectivity index (χ0v) is 14.0. The van der Waals surface area contributed by atoms with E-state index in [-0.39, 0.29) is 17.3 Å². The van der Waals surface area contributed by atoms with Crippen molar-refractivity contribution in [2.24, 2.45) is 0 Å². The first kappa shape index (κ1) is 16.2. The molecule has 0 radical (unpaired) electrons. The van der Waals surface area contributed by atoms with Crippen molar-refractivity contribution < 1.29 is 8.42 Å². The molecule has 112 valence electrons. The van der Waals surface area contributed by atoms with E-state index in [0.717, 1.165) is 5.56 Å². The number of nitrogen functional groups attached to an aromatic ring is 1. The van der Waals surface area contributed by atoms with Gasteiger partial charge in [0, 0.05) is 22.2 Å². The van der Waals surface area contributed by atoms with Crippen molar-refractivity contribution in [3.05, 3.63) is 51.6 Å². The SMILES string of the molecule is Nc1ncc(Br)cc1S(=O)(=O)NCCc1ccc(Cl)cc1. The van der Waals surface area contributed by atoms with E-state index in [1.54, 1.807) is 12.1 Å². The molecular formula is C13H13BrClN3O2S. The van der Waals surface area contributed by atoms with E-state index in [0.29, 0.717) is 15.9 Å². The second-order valence-electron chi connectivity index (χ2n) is 4.31. The largest absolute Gasteiger partial charge is 0.383 e. The summed E-state index contributed by atoms with van der Waals surface area (Å²) in [6.07, 6.45) is 2.00. The van der Waals surface area contributed by atoms with Crippen LogP contribution in [0.25, 0.3) is 0 Å². The highest BCUT2D eigenvalue weighted by atomic mass is 79.9.